The minimum atomic E-state index is -0.277. The molecular formula is C18H19ClN2O3. The highest BCUT2D eigenvalue weighted by molar-refractivity contribution is 6.31. The van der Waals surface area contributed by atoms with E-state index in [0.717, 1.165) is 22.6 Å². The van der Waals surface area contributed by atoms with Gasteiger partial charge in [0.1, 0.15) is 18.1 Å². The lowest BCUT2D eigenvalue weighted by Gasteiger charge is -2.26. The first-order valence-electron chi connectivity index (χ1n) is 7.69. The third-order valence-corrected chi connectivity index (χ3v) is 4.43. The van der Waals surface area contributed by atoms with Crippen molar-refractivity contribution in [3.63, 3.8) is 0 Å². The highest BCUT2D eigenvalue weighted by Gasteiger charge is 2.22. The van der Waals surface area contributed by atoms with Crippen molar-refractivity contribution < 1.29 is 14.3 Å². The van der Waals surface area contributed by atoms with Crippen LogP contribution in [0.5, 0.6) is 11.5 Å². The summed E-state index contributed by atoms with van der Waals surface area (Å²) in [4.78, 5) is 12.2. The second kappa shape index (κ2) is 7.01. The van der Waals surface area contributed by atoms with Gasteiger partial charge in [0.25, 0.3) is 0 Å². The Morgan fingerprint density at radius 1 is 1.33 bits per heavy atom. The number of benzene rings is 2. The zero-order valence-corrected chi connectivity index (χ0v) is 14.3. The zero-order chi connectivity index (χ0) is 17.1. The average molecular weight is 347 g/mol. The van der Waals surface area contributed by atoms with Gasteiger partial charge >= 0.3 is 6.03 Å². The number of amides is 2. The molecule has 0 fully saturated rings. The van der Waals surface area contributed by atoms with Crippen molar-refractivity contribution in [3.8, 4) is 11.5 Å². The van der Waals surface area contributed by atoms with Crippen LogP contribution in [0.1, 0.15) is 11.1 Å². The van der Waals surface area contributed by atoms with Crippen LogP contribution in [-0.2, 0) is 6.42 Å². The molecule has 126 valence electrons. The molecule has 0 saturated carbocycles. The Morgan fingerprint density at radius 2 is 2.17 bits per heavy atom. The molecule has 0 bridgehead atoms. The summed E-state index contributed by atoms with van der Waals surface area (Å²) in [5, 5.41) is 6.38. The summed E-state index contributed by atoms with van der Waals surface area (Å²) in [7, 11) is 1.63. The first-order valence-corrected chi connectivity index (χ1v) is 8.07. The molecule has 2 N–H and O–H groups in total. The second-order valence-corrected chi connectivity index (χ2v) is 6.10. The maximum atomic E-state index is 12.2. The summed E-state index contributed by atoms with van der Waals surface area (Å²) in [5.74, 6) is 1.61. The molecule has 0 unspecified atom stereocenters. The molecular weight excluding hydrogens is 328 g/mol. The highest BCUT2D eigenvalue weighted by Crippen LogP contribution is 2.28. The summed E-state index contributed by atoms with van der Waals surface area (Å²) in [6.45, 7) is 2.30. The Bertz CT molecular complexity index is 764. The molecule has 24 heavy (non-hydrogen) atoms. The van der Waals surface area contributed by atoms with Crippen molar-refractivity contribution in [1.29, 1.82) is 0 Å². The number of nitrogens with one attached hydrogen (secondary N) is 2. The molecule has 0 saturated heterocycles. The van der Waals surface area contributed by atoms with Gasteiger partial charge in [-0.25, -0.2) is 4.79 Å². The number of halogens is 1. The Morgan fingerprint density at radius 3 is 2.96 bits per heavy atom. The number of ether oxygens (including phenoxy) is 2. The molecule has 1 aliphatic heterocycles. The summed E-state index contributed by atoms with van der Waals surface area (Å²) < 4.78 is 10.9. The van der Waals surface area contributed by atoms with E-state index in [2.05, 4.69) is 10.6 Å². The van der Waals surface area contributed by atoms with E-state index >= 15 is 0 Å². The molecule has 0 aliphatic carbocycles. The van der Waals surface area contributed by atoms with Crippen LogP contribution in [-0.4, -0.2) is 25.8 Å². The number of anilines is 1. The minimum Gasteiger partial charge on any atom is -0.497 e. The van der Waals surface area contributed by atoms with Gasteiger partial charge in [0.15, 0.2) is 0 Å². The van der Waals surface area contributed by atoms with E-state index in [9.17, 15) is 4.79 Å². The normalized spacial score (nSPS) is 15.9. The van der Waals surface area contributed by atoms with Gasteiger partial charge in [-0.1, -0.05) is 17.7 Å². The maximum absolute atomic E-state index is 12.2. The molecule has 3 rings (SSSR count). The van der Waals surface area contributed by atoms with Gasteiger partial charge in [0, 0.05) is 10.7 Å². The van der Waals surface area contributed by atoms with Crippen LogP contribution in [0, 0.1) is 6.92 Å². The Labute approximate surface area is 145 Å². The molecule has 1 aliphatic rings. The average Bonchev–Trinajstić information content (AvgIpc) is 2.58. The van der Waals surface area contributed by atoms with Crippen molar-refractivity contribution in [2.45, 2.75) is 19.4 Å². The predicted molar refractivity (Wildman–Crippen MR) is 94.3 cm³/mol. The van der Waals surface area contributed by atoms with Crippen LogP contribution in [0.15, 0.2) is 36.4 Å². The number of carbonyl (C=O) groups excluding carboxylic acids is 1. The van der Waals surface area contributed by atoms with Crippen LogP contribution in [0.2, 0.25) is 5.02 Å². The number of urea groups is 1. The fraction of sp³-hybridized carbons (Fsp3) is 0.278. The largest absolute Gasteiger partial charge is 0.497 e. The number of hydrogen-bond acceptors (Lipinski definition) is 3. The predicted octanol–water partition coefficient (Wildman–Crippen LogP) is 3.78. The number of rotatable bonds is 3. The van der Waals surface area contributed by atoms with Crippen molar-refractivity contribution in [1.82, 2.24) is 5.32 Å². The lowest BCUT2D eigenvalue weighted by Crippen LogP contribution is -2.44. The quantitative estimate of drug-likeness (QED) is 0.889. The molecule has 2 aromatic rings. The maximum Gasteiger partial charge on any atom is 0.319 e. The van der Waals surface area contributed by atoms with Gasteiger partial charge in [-0.3, -0.25) is 0 Å². The molecule has 0 radical (unpaired) electrons. The fourth-order valence-electron chi connectivity index (χ4n) is 2.68. The van der Waals surface area contributed by atoms with E-state index in [1.165, 1.54) is 0 Å². The van der Waals surface area contributed by atoms with E-state index in [1.54, 1.807) is 19.2 Å². The molecule has 2 amide bonds. The Balaban J connectivity index is 1.64. The van der Waals surface area contributed by atoms with Crippen molar-refractivity contribution in [2.24, 2.45) is 0 Å². The molecule has 2 aromatic carbocycles. The number of carbonyl (C=O) groups is 1. The van der Waals surface area contributed by atoms with E-state index in [4.69, 9.17) is 21.1 Å². The van der Waals surface area contributed by atoms with Crippen LogP contribution < -0.4 is 20.1 Å². The minimum absolute atomic E-state index is 0.107. The smallest absolute Gasteiger partial charge is 0.319 e. The summed E-state index contributed by atoms with van der Waals surface area (Å²) >= 11 is 6.07. The van der Waals surface area contributed by atoms with E-state index in [1.807, 2.05) is 31.2 Å². The van der Waals surface area contributed by atoms with Gasteiger partial charge in [-0.05, 0) is 54.8 Å². The molecule has 1 heterocycles. The lowest BCUT2D eigenvalue weighted by molar-refractivity contribution is 0.222. The zero-order valence-electron chi connectivity index (χ0n) is 13.6. The van der Waals surface area contributed by atoms with Crippen molar-refractivity contribution >= 4 is 23.3 Å². The second-order valence-electron chi connectivity index (χ2n) is 5.70. The van der Waals surface area contributed by atoms with Gasteiger partial charge in [0.05, 0.1) is 13.2 Å². The van der Waals surface area contributed by atoms with E-state index in [0.29, 0.717) is 23.7 Å². The summed E-state index contributed by atoms with van der Waals surface area (Å²) in [6, 6.07) is 10.7. The molecule has 6 heteroatoms. The number of hydrogen-bond donors (Lipinski definition) is 2. The fourth-order valence-corrected chi connectivity index (χ4v) is 2.85. The number of fused-ring (bicyclic) bond motifs is 1. The van der Waals surface area contributed by atoms with Crippen LogP contribution in [0.4, 0.5) is 10.5 Å². The van der Waals surface area contributed by atoms with Crippen molar-refractivity contribution in [2.75, 3.05) is 19.0 Å². The highest BCUT2D eigenvalue weighted by atomic mass is 35.5. The molecule has 1 atom stereocenters. The molecule has 0 aromatic heterocycles. The van der Waals surface area contributed by atoms with E-state index < -0.39 is 0 Å². The topological polar surface area (TPSA) is 59.6 Å². The van der Waals surface area contributed by atoms with Crippen LogP contribution in [0.3, 0.4) is 0 Å². The van der Waals surface area contributed by atoms with E-state index in [-0.39, 0.29) is 12.1 Å². The summed E-state index contributed by atoms with van der Waals surface area (Å²) in [5.41, 5.74) is 2.55. The molecule has 0 spiro atoms. The Hall–Kier alpha value is -2.40. The standard InChI is InChI=1S/C18H19ClN2O3/c1-11-15(19)4-3-5-16(11)21-18(22)20-13-8-12-9-14(23-2)6-7-17(12)24-10-13/h3-7,9,13H,8,10H2,1-2H3,(H2,20,21,22)/t13-/m0/s1. The van der Waals surface area contributed by atoms with Crippen LogP contribution >= 0.6 is 11.6 Å². The van der Waals surface area contributed by atoms with Crippen molar-refractivity contribution in [3.05, 3.63) is 52.5 Å². The van der Waals surface area contributed by atoms with Crippen LogP contribution in [0.25, 0.3) is 0 Å². The lowest BCUT2D eigenvalue weighted by atomic mass is 10.0. The number of methoxy groups -OCH3 is 1. The monoisotopic (exact) mass is 346 g/mol. The van der Waals surface area contributed by atoms with Gasteiger partial charge in [-0.15, -0.1) is 0 Å². The molecule has 5 nitrogen and oxygen atoms in total. The third kappa shape index (κ3) is 3.57. The summed E-state index contributed by atoms with van der Waals surface area (Å²) in [6.07, 6.45) is 0.689. The first kappa shape index (κ1) is 16.5. The van der Waals surface area contributed by atoms with Gasteiger partial charge in [-0.2, -0.15) is 0 Å². The van der Waals surface area contributed by atoms with Gasteiger partial charge in [0.2, 0.25) is 0 Å². The third-order valence-electron chi connectivity index (χ3n) is 4.03. The first-order chi connectivity index (χ1) is 11.6. The van der Waals surface area contributed by atoms with Gasteiger partial charge < -0.3 is 20.1 Å². The Kier molecular flexibility index (Phi) is 4.81. The SMILES string of the molecule is COc1ccc2c(c1)C[C@H](NC(=O)Nc1cccc(Cl)c1C)CO2.